The molecule has 1 aromatic carbocycles. The van der Waals surface area contributed by atoms with Crippen molar-refractivity contribution in [3.8, 4) is 0 Å². The summed E-state index contributed by atoms with van der Waals surface area (Å²) in [4.78, 5) is 13.4. The average Bonchev–Trinajstić information content (AvgIpc) is 2.48. The molecular formula is C15H24Cl3N3O2. The van der Waals surface area contributed by atoms with Gasteiger partial charge in [0.2, 0.25) is 0 Å². The van der Waals surface area contributed by atoms with Crippen molar-refractivity contribution < 1.29 is 4.92 Å². The van der Waals surface area contributed by atoms with Crippen molar-refractivity contribution in [3.63, 3.8) is 0 Å². The van der Waals surface area contributed by atoms with Gasteiger partial charge in [-0.3, -0.25) is 15.0 Å². The molecule has 23 heavy (non-hydrogen) atoms. The molecule has 2 rings (SSSR count). The first-order valence-electron chi connectivity index (χ1n) is 7.43. The third-order valence-electron chi connectivity index (χ3n) is 4.23. The standard InChI is InChI=1S/C15H22ClN3O2.2ClH/c1-3-11(2)15(18-8-6-17-7-9-18)13-10-12(16)4-5-14(13)19(20)21;;/h4-5,10-11,15,17H,3,6-9H2,1-2H3;2*1H/t11?,15-;;/m1../s1. The molecule has 8 heteroatoms. The molecule has 5 nitrogen and oxygen atoms in total. The maximum Gasteiger partial charge on any atom is 0.274 e. The van der Waals surface area contributed by atoms with Crippen LogP contribution < -0.4 is 5.32 Å². The molecule has 1 aromatic rings. The van der Waals surface area contributed by atoms with Crippen molar-refractivity contribution in [2.75, 3.05) is 26.2 Å². The molecule has 0 aromatic heterocycles. The third-order valence-corrected chi connectivity index (χ3v) is 4.47. The predicted octanol–water partition coefficient (Wildman–Crippen LogP) is 4.08. The zero-order valence-corrected chi connectivity index (χ0v) is 15.7. The minimum atomic E-state index is -0.302. The van der Waals surface area contributed by atoms with Crippen LogP contribution in [0, 0.1) is 16.0 Å². The fourth-order valence-electron chi connectivity index (χ4n) is 2.98. The van der Waals surface area contributed by atoms with Gasteiger partial charge in [-0.2, -0.15) is 0 Å². The highest BCUT2D eigenvalue weighted by Crippen LogP contribution is 2.37. The van der Waals surface area contributed by atoms with Crippen LogP contribution in [0.3, 0.4) is 0 Å². The topological polar surface area (TPSA) is 58.4 Å². The van der Waals surface area contributed by atoms with E-state index in [9.17, 15) is 10.1 Å². The van der Waals surface area contributed by atoms with Gasteiger partial charge in [0.05, 0.1) is 4.92 Å². The van der Waals surface area contributed by atoms with Crippen molar-refractivity contribution in [1.82, 2.24) is 10.2 Å². The number of nitro groups is 1. The minimum absolute atomic E-state index is 0. The fourth-order valence-corrected chi connectivity index (χ4v) is 3.16. The molecule has 0 bridgehead atoms. The van der Waals surface area contributed by atoms with Crippen LogP contribution in [0.25, 0.3) is 0 Å². The van der Waals surface area contributed by atoms with Crippen LogP contribution in [0.5, 0.6) is 0 Å². The Hall–Kier alpha value is -0.590. The summed E-state index contributed by atoms with van der Waals surface area (Å²) in [5.41, 5.74) is 0.909. The van der Waals surface area contributed by atoms with Crippen molar-refractivity contribution in [3.05, 3.63) is 38.9 Å². The first-order chi connectivity index (χ1) is 10.0. The molecule has 1 unspecified atom stereocenters. The maximum absolute atomic E-state index is 11.4. The molecule has 1 fully saturated rings. The lowest BCUT2D eigenvalue weighted by molar-refractivity contribution is -0.386. The summed E-state index contributed by atoms with van der Waals surface area (Å²) in [7, 11) is 0. The SMILES string of the molecule is CCC(C)[C@H](c1cc(Cl)ccc1[N+](=O)[O-])N1CCNCC1.Cl.Cl. The smallest absolute Gasteiger partial charge is 0.274 e. The number of rotatable bonds is 5. The second-order valence-corrected chi connectivity index (χ2v) is 6.01. The minimum Gasteiger partial charge on any atom is -0.314 e. The second-order valence-electron chi connectivity index (χ2n) is 5.58. The van der Waals surface area contributed by atoms with E-state index in [1.165, 1.54) is 6.07 Å². The normalized spacial score (nSPS) is 17.5. The van der Waals surface area contributed by atoms with E-state index >= 15 is 0 Å². The first-order valence-corrected chi connectivity index (χ1v) is 7.81. The fraction of sp³-hybridized carbons (Fsp3) is 0.600. The number of nitrogens with zero attached hydrogens (tertiary/aromatic N) is 2. The highest BCUT2D eigenvalue weighted by atomic mass is 35.5. The van der Waals surface area contributed by atoms with E-state index in [1.54, 1.807) is 12.1 Å². The zero-order chi connectivity index (χ0) is 15.4. The van der Waals surface area contributed by atoms with Gasteiger partial charge in [-0.15, -0.1) is 24.8 Å². The van der Waals surface area contributed by atoms with Gasteiger partial charge >= 0.3 is 0 Å². The van der Waals surface area contributed by atoms with E-state index in [0.29, 0.717) is 10.9 Å². The lowest BCUT2D eigenvalue weighted by Gasteiger charge is -2.38. The number of halogens is 3. The summed E-state index contributed by atoms with van der Waals surface area (Å²) in [6, 6.07) is 4.92. The zero-order valence-electron chi connectivity index (χ0n) is 13.3. The highest BCUT2D eigenvalue weighted by molar-refractivity contribution is 6.30. The molecule has 132 valence electrons. The van der Waals surface area contributed by atoms with Gasteiger partial charge in [0, 0.05) is 48.9 Å². The number of hydrogen-bond donors (Lipinski definition) is 1. The molecular weight excluding hydrogens is 361 g/mol. The van der Waals surface area contributed by atoms with Gasteiger partial charge in [-0.25, -0.2) is 0 Å². The lowest BCUT2D eigenvalue weighted by Crippen LogP contribution is -2.46. The summed E-state index contributed by atoms with van der Waals surface area (Å²) in [5.74, 6) is 0.334. The molecule has 0 amide bonds. The van der Waals surface area contributed by atoms with Crippen LogP contribution in [-0.4, -0.2) is 36.0 Å². The maximum atomic E-state index is 11.4. The summed E-state index contributed by atoms with van der Waals surface area (Å²) in [6.07, 6.45) is 0.970. The van der Waals surface area contributed by atoms with Gasteiger partial charge in [0.25, 0.3) is 5.69 Å². The first kappa shape index (κ1) is 22.4. The van der Waals surface area contributed by atoms with Crippen LogP contribution in [0.1, 0.15) is 31.9 Å². The van der Waals surface area contributed by atoms with Crippen LogP contribution in [0.2, 0.25) is 5.02 Å². The van der Waals surface area contributed by atoms with Crippen LogP contribution in [0.4, 0.5) is 5.69 Å². The molecule has 0 saturated carbocycles. The largest absolute Gasteiger partial charge is 0.314 e. The molecule has 0 radical (unpaired) electrons. The van der Waals surface area contributed by atoms with Gasteiger partial charge < -0.3 is 5.32 Å². The Morgan fingerprint density at radius 1 is 1.35 bits per heavy atom. The molecule has 0 spiro atoms. The van der Waals surface area contributed by atoms with Crippen LogP contribution in [-0.2, 0) is 0 Å². The van der Waals surface area contributed by atoms with Crippen LogP contribution in [0.15, 0.2) is 18.2 Å². The summed E-state index contributed by atoms with van der Waals surface area (Å²) in [5, 5.41) is 15.2. The van der Waals surface area contributed by atoms with E-state index < -0.39 is 0 Å². The quantitative estimate of drug-likeness (QED) is 0.614. The summed E-state index contributed by atoms with van der Waals surface area (Å²) < 4.78 is 0. The van der Waals surface area contributed by atoms with E-state index in [2.05, 4.69) is 24.1 Å². The Balaban J connectivity index is 0.00000242. The van der Waals surface area contributed by atoms with Gasteiger partial charge in [0.1, 0.15) is 0 Å². The van der Waals surface area contributed by atoms with Crippen LogP contribution >= 0.6 is 36.4 Å². The molecule has 0 aliphatic carbocycles. The van der Waals surface area contributed by atoms with E-state index in [1.807, 2.05) is 0 Å². The molecule has 1 aliphatic rings. The highest BCUT2D eigenvalue weighted by Gasteiger charge is 2.31. The van der Waals surface area contributed by atoms with E-state index in [4.69, 9.17) is 11.6 Å². The van der Waals surface area contributed by atoms with Gasteiger partial charge in [-0.1, -0.05) is 31.9 Å². The Kier molecular flexibility index (Phi) is 10.0. The Labute approximate surface area is 154 Å². The Bertz CT molecular complexity index is 511. The van der Waals surface area contributed by atoms with Crippen molar-refractivity contribution >= 4 is 42.1 Å². The Morgan fingerprint density at radius 2 is 1.96 bits per heavy atom. The van der Waals surface area contributed by atoms with Crippen molar-refractivity contribution in [2.45, 2.75) is 26.3 Å². The molecule has 1 N–H and O–H groups in total. The molecule has 1 aliphatic heterocycles. The number of nitro benzene ring substituents is 1. The number of piperazine rings is 1. The second kappa shape index (κ2) is 10.3. The van der Waals surface area contributed by atoms with E-state index in [-0.39, 0.29) is 41.5 Å². The number of nitrogens with one attached hydrogen (secondary N) is 1. The number of benzene rings is 1. The molecule has 1 saturated heterocycles. The molecule has 2 atom stereocenters. The monoisotopic (exact) mass is 383 g/mol. The Morgan fingerprint density at radius 3 is 2.48 bits per heavy atom. The molecule has 1 heterocycles. The van der Waals surface area contributed by atoms with E-state index in [0.717, 1.165) is 38.2 Å². The summed E-state index contributed by atoms with van der Waals surface area (Å²) in [6.45, 7) is 7.91. The van der Waals surface area contributed by atoms with Gasteiger partial charge in [-0.05, 0) is 18.1 Å². The third kappa shape index (κ3) is 5.47. The lowest BCUT2D eigenvalue weighted by atomic mass is 9.89. The van der Waals surface area contributed by atoms with Crippen molar-refractivity contribution in [2.24, 2.45) is 5.92 Å². The number of hydrogen-bond acceptors (Lipinski definition) is 4. The van der Waals surface area contributed by atoms with Crippen molar-refractivity contribution in [1.29, 1.82) is 0 Å². The average molecular weight is 385 g/mol. The predicted molar refractivity (Wildman–Crippen MR) is 99.2 cm³/mol. The van der Waals surface area contributed by atoms with Gasteiger partial charge in [0.15, 0.2) is 0 Å². The summed E-state index contributed by atoms with van der Waals surface area (Å²) >= 11 is 6.10.